The summed E-state index contributed by atoms with van der Waals surface area (Å²) in [6, 6.07) is 0. The highest BCUT2D eigenvalue weighted by molar-refractivity contribution is 5.92. The van der Waals surface area contributed by atoms with Crippen LogP contribution in [0.4, 0.5) is 0 Å². The van der Waals surface area contributed by atoms with Crippen LogP contribution in [0.15, 0.2) is 12.2 Å². The lowest BCUT2D eigenvalue weighted by atomic mass is 10.4. The van der Waals surface area contributed by atoms with Gasteiger partial charge in [0.1, 0.15) is 0 Å². The average Bonchev–Trinajstić information content (AvgIpc) is 2.33. The molecule has 0 aliphatic heterocycles. The normalized spacial score (nSPS) is 10.5. The molecular weight excluding hydrogens is 252 g/mol. The van der Waals surface area contributed by atoms with Crippen LogP contribution in [-0.4, -0.2) is 37.2 Å². The quantitative estimate of drug-likeness (QED) is 0.287. The average molecular weight is 272 g/mol. The van der Waals surface area contributed by atoms with E-state index in [0.717, 1.165) is 25.0 Å². The standard InChI is InChI=1S/C13H20O6/c1-4-5-8-17-11(14)6-7-12(15)18-9-13(16)19-10(2)3/h6-7,10H,4-5,8-9H2,1-3H3/b7-6+. The van der Waals surface area contributed by atoms with E-state index < -0.39 is 24.5 Å². The van der Waals surface area contributed by atoms with E-state index in [4.69, 9.17) is 9.47 Å². The van der Waals surface area contributed by atoms with E-state index in [1.807, 2.05) is 6.92 Å². The number of unbranched alkanes of at least 4 members (excludes halogenated alkanes) is 1. The van der Waals surface area contributed by atoms with E-state index >= 15 is 0 Å². The van der Waals surface area contributed by atoms with Crippen LogP contribution in [0.1, 0.15) is 33.6 Å². The Morgan fingerprint density at radius 2 is 1.63 bits per heavy atom. The summed E-state index contributed by atoms with van der Waals surface area (Å²) >= 11 is 0. The van der Waals surface area contributed by atoms with Gasteiger partial charge in [-0.15, -0.1) is 0 Å². The second kappa shape index (κ2) is 10.1. The van der Waals surface area contributed by atoms with Gasteiger partial charge in [0.2, 0.25) is 0 Å². The lowest BCUT2D eigenvalue weighted by Crippen LogP contribution is -2.18. The van der Waals surface area contributed by atoms with Crippen molar-refractivity contribution in [3.63, 3.8) is 0 Å². The molecule has 0 bridgehead atoms. The van der Waals surface area contributed by atoms with Crippen LogP contribution in [0.2, 0.25) is 0 Å². The van der Waals surface area contributed by atoms with E-state index in [1.165, 1.54) is 0 Å². The zero-order valence-electron chi connectivity index (χ0n) is 11.5. The van der Waals surface area contributed by atoms with Crippen LogP contribution in [0.3, 0.4) is 0 Å². The molecule has 0 unspecified atom stereocenters. The Bertz CT molecular complexity index is 332. The lowest BCUT2D eigenvalue weighted by Gasteiger charge is -2.07. The zero-order chi connectivity index (χ0) is 14.7. The van der Waals surface area contributed by atoms with Gasteiger partial charge in [-0.05, 0) is 20.3 Å². The molecule has 0 saturated carbocycles. The van der Waals surface area contributed by atoms with Crippen molar-refractivity contribution >= 4 is 17.9 Å². The number of hydrogen-bond donors (Lipinski definition) is 0. The summed E-state index contributed by atoms with van der Waals surface area (Å²) in [5.74, 6) is -2.05. The van der Waals surface area contributed by atoms with E-state index in [-0.39, 0.29) is 6.10 Å². The first kappa shape index (κ1) is 17.2. The number of hydrogen-bond acceptors (Lipinski definition) is 6. The Morgan fingerprint density at radius 1 is 1.05 bits per heavy atom. The summed E-state index contributed by atoms with van der Waals surface area (Å²) in [7, 11) is 0. The molecule has 0 spiro atoms. The third-order valence-electron chi connectivity index (χ3n) is 1.80. The Labute approximate surface area is 112 Å². The van der Waals surface area contributed by atoms with Crippen molar-refractivity contribution in [3.05, 3.63) is 12.2 Å². The lowest BCUT2D eigenvalue weighted by molar-refractivity contribution is -0.158. The van der Waals surface area contributed by atoms with Gasteiger partial charge in [0.05, 0.1) is 12.7 Å². The van der Waals surface area contributed by atoms with Crippen molar-refractivity contribution in [2.75, 3.05) is 13.2 Å². The molecule has 0 amide bonds. The Balaban J connectivity index is 3.84. The molecule has 0 N–H and O–H groups in total. The van der Waals surface area contributed by atoms with Gasteiger partial charge in [-0.25, -0.2) is 14.4 Å². The molecule has 0 radical (unpaired) electrons. The van der Waals surface area contributed by atoms with Gasteiger partial charge in [0.25, 0.3) is 0 Å². The summed E-state index contributed by atoms with van der Waals surface area (Å²) in [5, 5.41) is 0. The molecule has 108 valence electrons. The minimum atomic E-state index is -0.798. The molecule has 0 heterocycles. The van der Waals surface area contributed by atoms with E-state index in [9.17, 15) is 14.4 Å². The van der Waals surface area contributed by atoms with Gasteiger partial charge < -0.3 is 14.2 Å². The fourth-order valence-corrected chi connectivity index (χ4v) is 0.976. The third kappa shape index (κ3) is 11.0. The van der Waals surface area contributed by atoms with Gasteiger partial charge in [-0.1, -0.05) is 13.3 Å². The van der Waals surface area contributed by atoms with Crippen molar-refractivity contribution in [2.45, 2.75) is 39.7 Å². The molecule has 0 aliphatic rings. The Morgan fingerprint density at radius 3 is 2.16 bits per heavy atom. The maximum atomic E-state index is 11.1. The van der Waals surface area contributed by atoms with Gasteiger partial charge in [0, 0.05) is 12.2 Å². The number of esters is 3. The predicted molar refractivity (Wildman–Crippen MR) is 67.2 cm³/mol. The van der Waals surface area contributed by atoms with Crippen LogP contribution < -0.4 is 0 Å². The minimum absolute atomic E-state index is 0.268. The van der Waals surface area contributed by atoms with Crippen molar-refractivity contribution in [1.29, 1.82) is 0 Å². The second-order valence-corrected chi connectivity index (χ2v) is 4.00. The van der Waals surface area contributed by atoms with Crippen molar-refractivity contribution < 1.29 is 28.6 Å². The fourth-order valence-electron chi connectivity index (χ4n) is 0.976. The fraction of sp³-hybridized carbons (Fsp3) is 0.615. The first-order valence-electron chi connectivity index (χ1n) is 6.16. The molecule has 19 heavy (non-hydrogen) atoms. The molecule has 0 atom stereocenters. The summed E-state index contributed by atoms with van der Waals surface area (Å²) < 4.78 is 14.1. The molecule has 0 rings (SSSR count). The number of carbonyl (C=O) groups excluding carboxylic acids is 3. The topological polar surface area (TPSA) is 78.9 Å². The van der Waals surface area contributed by atoms with Crippen LogP contribution in [0, 0.1) is 0 Å². The molecule has 0 aromatic carbocycles. The molecule has 6 heteroatoms. The zero-order valence-corrected chi connectivity index (χ0v) is 11.5. The summed E-state index contributed by atoms with van der Waals surface area (Å²) in [6.07, 6.45) is 3.29. The predicted octanol–water partition coefficient (Wildman–Crippen LogP) is 1.38. The molecule has 0 saturated heterocycles. The van der Waals surface area contributed by atoms with Crippen LogP contribution >= 0.6 is 0 Å². The van der Waals surface area contributed by atoms with E-state index in [2.05, 4.69) is 4.74 Å². The van der Waals surface area contributed by atoms with Crippen molar-refractivity contribution in [1.82, 2.24) is 0 Å². The SMILES string of the molecule is CCCCOC(=O)/C=C/C(=O)OCC(=O)OC(C)C. The molecule has 0 fully saturated rings. The molecule has 0 aromatic rings. The van der Waals surface area contributed by atoms with E-state index in [1.54, 1.807) is 13.8 Å². The molecular formula is C13H20O6. The first-order valence-corrected chi connectivity index (χ1v) is 6.16. The first-order chi connectivity index (χ1) is 8.95. The highest BCUT2D eigenvalue weighted by atomic mass is 16.6. The van der Waals surface area contributed by atoms with Crippen LogP contribution in [0.5, 0.6) is 0 Å². The minimum Gasteiger partial charge on any atom is -0.463 e. The summed E-state index contributed by atoms with van der Waals surface area (Å²) in [4.78, 5) is 33.3. The summed E-state index contributed by atoms with van der Waals surface area (Å²) in [5.41, 5.74) is 0. The van der Waals surface area contributed by atoms with E-state index in [0.29, 0.717) is 6.61 Å². The van der Waals surface area contributed by atoms with Crippen LogP contribution in [0.25, 0.3) is 0 Å². The summed E-state index contributed by atoms with van der Waals surface area (Å²) in [6.45, 7) is 5.18. The smallest absolute Gasteiger partial charge is 0.344 e. The van der Waals surface area contributed by atoms with Gasteiger partial charge >= 0.3 is 17.9 Å². The van der Waals surface area contributed by atoms with Gasteiger partial charge in [-0.3, -0.25) is 0 Å². The largest absolute Gasteiger partial charge is 0.463 e. The maximum absolute atomic E-state index is 11.1. The highest BCUT2D eigenvalue weighted by Crippen LogP contribution is 1.93. The number of rotatable bonds is 8. The highest BCUT2D eigenvalue weighted by Gasteiger charge is 2.08. The molecule has 0 aliphatic carbocycles. The van der Waals surface area contributed by atoms with Crippen LogP contribution in [-0.2, 0) is 28.6 Å². The van der Waals surface area contributed by atoms with Crippen molar-refractivity contribution in [2.24, 2.45) is 0 Å². The maximum Gasteiger partial charge on any atom is 0.344 e. The number of ether oxygens (including phenoxy) is 3. The molecule has 6 nitrogen and oxygen atoms in total. The third-order valence-corrected chi connectivity index (χ3v) is 1.80. The molecule has 0 aromatic heterocycles. The van der Waals surface area contributed by atoms with Gasteiger partial charge in [0.15, 0.2) is 6.61 Å². The Hall–Kier alpha value is -1.85. The van der Waals surface area contributed by atoms with Gasteiger partial charge in [-0.2, -0.15) is 0 Å². The Kier molecular flexibility index (Phi) is 9.12. The second-order valence-electron chi connectivity index (χ2n) is 4.00. The van der Waals surface area contributed by atoms with Crippen molar-refractivity contribution in [3.8, 4) is 0 Å². The number of carbonyl (C=O) groups is 3. The monoisotopic (exact) mass is 272 g/mol.